The monoisotopic (exact) mass is 484 g/mol. The Morgan fingerprint density at radius 2 is 1.90 bits per heavy atom. The standard InChI is InChI=1S/C20H18Cl2N2O4S2/c1-28-18-7-3-2-6-17(18)24(13-20(25)23-12-15-5-4-10-29-15)30(26,27)19-11-14(21)8-9-16(19)22/h2-11H,12-13H2,1H3,(H,23,25). The summed E-state index contributed by atoms with van der Waals surface area (Å²) < 4.78 is 33.3. The molecule has 3 rings (SSSR count). The molecule has 30 heavy (non-hydrogen) atoms. The fourth-order valence-electron chi connectivity index (χ4n) is 2.71. The number of hydrogen-bond donors (Lipinski definition) is 1. The van der Waals surface area contributed by atoms with Crippen LogP contribution in [-0.2, 0) is 21.4 Å². The largest absolute Gasteiger partial charge is 0.495 e. The molecule has 0 bridgehead atoms. The van der Waals surface area contributed by atoms with Gasteiger partial charge in [0.15, 0.2) is 0 Å². The van der Waals surface area contributed by atoms with E-state index >= 15 is 0 Å². The first kappa shape index (κ1) is 22.4. The number of methoxy groups -OCH3 is 1. The van der Waals surface area contributed by atoms with E-state index in [0.717, 1.165) is 9.18 Å². The topological polar surface area (TPSA) is 75.7 Å². The van der Waals surface area contributed by atoms with Crippen LogP contribution in [0.2, 0.25) is 10.0 Å². The van der Waals surface area contributed by atoms with Crippen molar-refractivity contribution in [2.75, 3.05) is 18.0 Å². The van der Waals surface area contributed by atoms with E-state index in [1.807, 2.05) is 17.5 Å². The number of nitrogens with zero attached hydrogens (tertiary/aromatic N) is 1. The van der Waals surface area contributed by atoms with Crippen LogP contribution in [0.25, 0.3) is 0 Å². The van der Waals surface area contributed by atoms with Crippen LogP contribution in [-0.4, -0.2) is 28.0 Å². The first-order chi connectivity index (χ1) is 14.3. The SMILES string of the molecule is COc1ccccc1N(CC(=O)NCc1cccs1)S(=O)(=O)c1cc(Cl)ccc1Cl. The molecular formula is C20H18Cl2N2O4S2. The van der Waals surface area contributed by atoms with E-state index in [4.69, 9.17) is 27.9 Å². The summed E-state index contributed by atoms with van der Waals surface area (Å²) in [5.41, 5.74) is 0.210. The molecule has 0 saturated carbocycles. The van der Waals surface area contributed by atoms with Crippen molar-refractivity contribution in [2.24, 2.45) is 0 Å². The van der Waals surface area contributed by atoms with Crippen molar-refractivity contribution in [2.45, 2.75) is 11.4 Å². The summed E-state index contributed by atoms with van der Waals surface area (Å²) in [5, 5.41) is 4.84. The van der Waals surface area contributed by atoms with Crippen molar-refractivity contribution < 1.29 is 17.9 Å². The zero-order chi connectivity index (χ0) is 21.7. The van der Waals surface area contributed by atoms with Gasteiger partial charge in [0.1, 0.15) is 17.2 Å². The van der Waals surface area contributed by atoms with Gasteiger partial charge in [-0.3, -0.25) is 9.10 Å². The lowest BCUT2D eigenvalue weighted by Crippen LogP contribution is -2.40. The van der Waals surface area contributed by atoms with Crippen molar-refractivity contribution >= 4 is 56.2 Å². The average Bonchev–Trinajstić information content (AvgIpc) is 3.25. The number of hydrogen-bond acceptors (Lipinski definition) is 5. The van der Waals surface area contributed by atoms with Crippen LogP contribution in [0.1, 0.15) is 4.88 Å². The Labute approximate surface area is 189 Å². The lowest BCUT2D eigenvalue weighted by atomic mass is 10.3. The van der Waals surface area contributed by atoms with Crippen LogP contribution in [0.3, 0.4) is 0 Å². The van der Waals surface area contributed by atoms with E-state index in [-0.39, 0.29) is 20.6 Å². The summed E-state index contributed by atoms with van der Waals surface area (Å²) in [7, 11) is -2.80. The second kappa shape index (κ2) is 9.70. The molecule has 0 aliphatic carbocycles. The Morgan fingerprint density at radius 1 is 1.13 bits per heavy atom. The van der Waals surface area contributed by atoms with Gasteiger partial charge in [0, 0.05) is 9.90 Å². The third kappa shape index (κ3) is 5.07. The predicted octanol–water partition coefficient (Wildman–Crippen LogP) is 4.58. The summed E-state index contributed by atoms with van der Waals surface area (Å²) in [6.07, 6.45) is 0. The summed E-state index contributed by atoms with van der Waals surface area (Å²) in [5.74, 6) is -0.179. The number of carbonyl (C=O) groups excluding carboxylic acids is 1. The molecular weight excluding hydrogens is 467 g/mol. The van der Waals surface area contributed by atoms with Gasteiger partial charge < -0.3 is 10.1 Å². The van der Waals surface area contributed by atoms with Crippen LogP contribution < -0.4 is 14.4 Å². The van der Waals surface area contributed by atoms with Crippen LogP contribution in [0.5, 0.6) is 5.75 Å². The molecule has 1 amide bonds. The highest BCUT2D eigenvalue weighted by Crippen LogP contribution is 2.35. The van der Waals surface area contributed by atoms with Gasteiger partial charge in [-0.1, -0.05) is 41.4 Å². The Morgan fingerprint density at radius 3 is 2.60 bits per heavy atom. The fourth-order valence-corrected chi connectivity index (χ4v) is 5.53. The molecule has 10 heteroatoms. The molecule has 1 N–H and O–H groups in total. The van der Waals surface area contributed by atoms with Gasteiger partial charge >= 0.3 is 0 Å². The highest BCUT2D eigenvalue weighted by atomic mass is 35.5. The molecule has 0 saturated heterocycles. The molecule has 2 aromatic carbocycles. The first-order valence-corrected chi connectivity index (χ1v) is 11.8. The maximum absolute atomic E-state index is 13.5. The number of ether oxygens (including phenoxy) is 1. The second-order valence-corrected chi connectivity index (χ2v) is 9.82. The number of nitrogens with one attached hydrogen (secondary N) is 1. The van der Waals surface area contributed by atoms with Gasteiger partial charge in [-0.05, 0) is 41.8 Å². The van der Waals surface area contributed by atoms with Gasteiger partial charge in [-0.2, -0.15) is 0 Å². The smallest absolute Gasteiger partial charge is 0.266 e. The van der Waals surface area contributed by atoms with Gasteiger partial charge in [0.2, 0.25) is 5.91 Å². The molecule has 0 aliphatic rings. The van der Waals surface area contributed by atoms with E-state index < -0.39 is 22.5 Å². The van der Waals surface area contributed by atoms with E-state index in [1.165, 1.54) is 36.6 Å². The summed E-state index contributed by atoms with van der Waals surface area (Å²) in [6.45, 7) is -0.162. The molecule has 0 atom stereocenters. The molecule has 1 aromatic heterocycles. The summed E-state index contributed by atoms with van der Waals surface area (Å²) >= 11 is 13.7. The molecule has 0 radical (unpaired) electrons. The van der Waals surface area contributed by atoms with Gasteiger partial charge in [-0.25, -0.2) is 8.42 Å². The molecule has 3 aromatic rings. The first-order valence-electron chi connectivity index (χ1n) is 8.73. The zero-order valence-electron chi connectivity index (χ0n) is 15.8. The van der Waals surface area contributed by atoms with Crippen LogP contribution in [0.15, 0.2) is 64.9 Å². The third-order valence-corrected chi connectivity index (χ3v) is 7.50. The zero-order valence-corrected chi connectivity index (χ0v) is 19.0. The molecule has 0 spiro atoms. The number of rotatable bonds is 8. The molecule has 0 aliphatic heterocycles. The van der Waals surface area contributed by atoms with Crippen molar-refractivity contribution in [3.05, 3.63) is 74.9 Å². The lowest BCUT2D eigenvalue weighted by Gasteiger charge is -2.26. The van der Waals surface area contributed by atoms with Gasteiger partial charge in [0.25, 0.3) is 10.0 Å². The molecule has 6 nitrogen and oxygen atoms in total. The van der Waals surface area contributed by atoms with Crippen molar-refractivity contribution in [1.29, 1.82) is 0 Å². The quantitative estimate of drug-likeness (QED) is 0.507. The van der Waals surface area contributed by atoms with Crippen LogP contribution >= 0.6 is 34.5 Å². The van der Waals surface area contributed by atoms with E-state index in [0.29, 0.717) is 12.3 Å². The Hall–Kier alpha value is -2.26. The van der Waals surface area contributed by atoms with E-state index in [2.05, 4.69) is 5.32 Å². The Bertz CT molecular complexity index is 1140. The van der Waals surface area contributed by atoms with Crippen LogP contribution in [0, 0.1) is 0 Å². The minimum atomic E-state index is -4.23. The normalized spacial score (nSPS) is 11.2. The predicted molar refractivity (Wildman–Crippen MR) is 120 cm³/mol. The fraction of sp³-hybridized carbons (Fsp3) is 0.150. The maximum Gasteiger partial charge on any atom is 0.266 e. The molecule has 0 unspecified atom stereocenters. The highest BCUT2D eigenvalue weighted by molar-refractivity contribution is 7.93. The number of para-hydroxylation sites is 2. The average molecular weight is 485 g/mol. The lowest BCUT2D eigenvalue weighted by molar-refractivity contribution is -0.119. The Balaban J connectivity index is 1.99. The van der Waals surface area contributed by atoms with Crippen molar-refractivity contribution in [3.63, 3.8) is 0 Å². The summed E-state index contributed by atoms with van der Waals surface area (Å²) in [4.78, 5) is 13.4. The number of amides is 1. The van der Waals surface area contributed by atoms with E-state index in [1.54, 1.807) is 24.3 Å². The van der Waals surface area contributed by atoms with Crippen molar-refractivity contribution in [3.8, 4) is 5.75 Å². The minimum absolute atomic E-state index is 0.00158. The van der Waals surface area contributed by atoms with Crippen LogP contribution in [0.4, 0.5) is 5.69 Å². The molecule has 0 fully saturated rings. The second-order valence-electron chi connectivity index (χ2n) is 6.11. The minimum Gasteiger partial charge on any atom is -0.495 e. The number of sulfonamides is 1. The number of thiophene rings is 1. The molecule has 158 valence electrons. The maximum atomic E-state index is 13.5. The van der Waals surface area contributed by atoms with Crippen molar-refractivity contribution in [1.82, 2.24) is 5.32 Å². The third-order valence-electron chi connectivity index (χ3n) is 4.14. The van der Waals surface area contributed by atoms with Gasteiger partial charge in [0.05, 0.1) is 24.4 Å². The number of benzene rings is 2. The number of halogens is 2. The number of anilines is 1. The Kier molecular flexibility index (Phi) is 7.25. The summed E-state index contributed by atoms with van der Waals surface area (Å²) in [6, 6.07) is 14.4. The number of carbonyl (C=O) groups is 1. The molecule has 1 heterocycles. The van der Waals surface area contributed by atoms with Gasteiger partial charge in [-0.15, -0.1) is 11.3 Å². The highest BCUT2D eigenvalue weighted by Gasteiger charge is 2.31. The van der Waals surface area contributed by atoms with E-state index in [9.17, 15) is 13.2 Å².